The van der Waals surface area contributed by atoms with Crippen molar-refractivity contribution in [2.75, 3.05) is 25.4 Å². The Labute approximate surface area is 135 Å². The molecule has 1 aromatic rings. The number of nitrogen functional groups attached to an aromatic ring is 1. The minimum absolute atomic E-state index is 0.102. The van der Waals surface area contributed by atoms with Crippen LogP contribution in [0.5, 0.6) is 0 Å². The largest absolute Gasteiger partial charge is 0.398 e. The fourth-order valence-electron chi connectivity index (χ4n) is 2.01. The third-order valence-electron chi connectivity index (χ3n) is 3.22. The molecule has 0 aliphatic heterocycles. The zero-order valence-corrected chi connectivity index (χ0v) is 14.7. The molecule has 1 rings (SSSR count). The maximum Gasteiger partial charge on any atom is 0.243 e. The molecule has 0 spiro atoms. The quantitative estimate of drug-likeness (QED) is 0.510. The summed E-state index contributed by atoms with van der Waals surface area (Å²) in [5.41, 5.74) is 6.13. The Morgan fingerprint density at radius 1 is 1.24 bits per heavy atom. The van der Waals surface area contributed by atoms with Gasteiger partial charge in [0.25, 0.3) is 0 Å². The number of rotatable bonds is 9. The van der Waals surface area contributed by atoms with Crippen molar-refractivity contribution in [3.8, 4) is 0 Å². The highest BCUT2D eigenvalue weighted by Crippen LogP contribution is 2.25. The lowest BCUT2D eigenvalue weighted by Gasteiger charge is -2.21. The summed E-state index contributed by atoms with van der Waals surface area (Å²) in [4.78, 5) is 0.159. The van der Waals surface area contributed by atoms with Gasteiger partial charge in [0.1, 0.15) is 0 Å². The minimum Gasteiger partial charge on any atom is -0.398 e. The van der Waals surface area contributed by atoms with Crippen molar-refractivity contribution < 1.29 is 13.5 Å². The zero-order valence-electron chi connectivity index (χ0n) is 12.3. The monoisotopic (exact) mass is 378 g/mol. The molecule has 0 fully saturated rings. The van der Waals surface area contributed by atoms with E-state index < -0.39 is 10.0 Å². The van der Waals surface area contributed by atoms with Crippen molar-refractivity contribution in [3.05, 3.63) is 22.7 Å². The highest BCUT2D eigenvalue weighted by molar-refractivity contribution is 9.10. The van der Waals surface area contributed by atoms with E-state index in [4.69, 9.17) is 10.8 Å². The van der Waals surface area contributed by atoms with Crippen LogP contribution in [-0.4, -0.2) is 37.5 Å². The second-order valence-electron chi connectivity index (χ2n) is 4.87. The number of hydrogen-bond donors (Lipinski definition) is 2. The number of aliphatic hydroxyl groups is 1. The number of hydrogen-bond acceptors (Lipinski definition) is 4. The van der Waals surface area contributed by atoms with Crippen LogP contribution in [0, 0.1) is 0 Å². The SMILES string of the molecule is CCCCCCN(CCO)S(=O)(=O)c1ccc(Br)c(N)c1. The molecule has 7 heteroatoms. The van der Waals surface area contributed by atoms with E-state index in [1.165, 1.54) is 16.4 Å². The summed E-state index contributed by atoms with van der Waals surface area (Å²) in [6.45, 7) is 2.43. The summed E-state index contributed by atoms with van der Waals surface area (Å²) in [7, 11) is -3.62. The van der Waals surface area contributed by atoms with Crippen LogP contribution in [0.1, 0.15) is 32.6 Å². The predicted molar refractivity (Wildman–Crippen MR) is 88.5 cm³/mol. The summed E-state index contributed by atoms with van der Waals surface area (Å²) in [6.07, 6.45) is 3.95. The average molecular weight is 379 g/mol. The number of halogens is 1. The van der Waals surface area contributed by atoms with E-state index in [9.17, 15) is 8.42 Å². The van der Waals surface area contributed by atoms with E-state index in [-0.39, 0.29) is 18.0 Å². The first kappa shape index (κ1) is 18.4. The van der Waals surface area contributed by atoms with Gasteiger partial charge in [0.05, 0.1) is 11.5 Å². The number of unbranched alkanes of at least 4 members (excludes halogenated alkanes) is 3. The molecule has 0 atom stereocenters. The van der Waals surface area contributed by atoms with Crippen LogP contribution >= 0.6 is 15.9 Å². The predicted octanol–water partition coefficient (Wildman–Crippen LogP) is 2.59. The number of anilines is 1. The fraction of sp³-hybridized carbons (Fsp3) is 0.571. The molecule has 0 radical (unpaired) electrons. The third kappa shape index (κ3) is 5.25. The van der Waals surface area contributed by atoms with Gasteiger partial charge in [-0.25, -0.2) is 8.42 Å². The van der Waals surface area contributed by atoms with E-state index in [1.54, 1.807) is 6.07 Å². The lowest BCUT2D eigenvalue weighted by atomic mass is 10.2. The summed E-state index contributed by atoms with van der Waals surface area (Å²) in [5.74, 6) is 0. The van der Waals surface area contributed by atoms with Gasteiger partial charge in [0.2, 0.25) is 10.0 Å². The van der Waals surface area contributed by atoms with Crippen molar-refractivity contribution in [3.63, 3.8) is 0 Å². The highest BCUT2D eigenvalue weighted by atomic mass is 79.9. The molecule has 0 bridgehead atoms. The fourth-order valence-corrected chi connectivity index (χ4v) is 3.76. The van der Waals surface area contributed by atoms with E-state index in [0.29, 0.717) is 16.7 Å². The van der Waals surface area contributed by atoms with Crippen LogP contribution in [0.25, 0.3) is 0 Å². The molecule has 0 saturated heterocycles. The summed E-state index contributed by atoms with van der Waals surface area (Å²) in [5, 5.41) is 9.11. The Morgan fingerprint density at radius 2 is 1.95 bits per heavy atom. The van der Waals surface area contributed by atoms with Crippen molar-refractivity contribution >= 4 is 31.6 Å². The van der Waals surface area contributed by atoms with Crippen LogP contribution in [0.15, 0.2) is 27.6 Å². The minimum atomic E-state index is -3.62. The maximum absolute atomic E-state index is 12.6. The molecule has 0 heterocycles. The second-order valence-corrected chi connectivity index (χ2v) is 7.66. The van der Waals surface area contributed by atoms with Crippen molar-refractivity contribution in [1.29, 1.82) is 0 Å². The maximum atomic E-state index is 12.6. The zero-order chi connectivity index (χ0) is 15.9. The standard InChI is InChI=1S/C14H23BrN2O3S/c1-2-3-4-5-8-17(9-10-18)21(19,20)12-6-7-13(15)14(16)11-12/h6-7,11,18H,2-5,8-10,16H2,1H3. The van der Waals surface area contributed by atoms with Gasteiger partial charge >= 0.3 is 0 Å². The first-order valence-electron chi connectivity index (χ1n) is 7.09. The summed E-state index contributed by atoms with van der Waals surface area (Å²) >= 11 is 3.25. The molecule has 0 aromatic heterocycles. The smallest absolute Gasteiger partial charge is 0.243 e. The lowest BCUT2D eigenvalue weighted by Crippen LogP contribution is -2.34. The molecular formula is C14H23BrN2O3S. The molecule has 3 N–H and O–H groups in total. The molecular weight excluding hydrogens is 356 g/mol. The molecule has 0 unspecified atom stereocenters. The Kier molecular flexibility index (Phi) is 7.65. The van der Waals surface area contributed by atoms with Crippen LogP contribution in [-0.2, 0) is 10.0 Å². The molecule has 0 aliphatic carbocycles. The first-order chi connectivity index (χ1) is 9.93. The summed E-state index contributed by atoms with van der Waals surface area (Å²) in [6, 6.07) is 4.58. The van der Waals surface area contributed by atoms with Gasteiger partial charge in [-0.2, -0.15) is 4.31 Å². The second kappa shape index (κ2) is 8.73. The van der Waals surface area contributed by atoms with Gasteiger partial charge in [-0.15, -0.1) is 0 Å². The Hall–Kier alpha value is -0.630. The summed E-state index contributed by atoms with van der Waals surface area (Å²) < 4.78 is 27.2. The van der Waals surface area contributed by atoms with Crippen LogP contribution in [0.3, 0.4) is 0 Å². The lowest BCUT2D eigenvalue weighted by molar-refractivity contribution is 0.251. The Morgan fingerprint density at radius 3 is 2.52 bits per heavy atom. The van der Waals surface area contributed by atoms with Crippen LogP contribution < -0.4 is 5.73 Å². The first-order valence-corrected chi connectivity index (χ1v) is 9.32. The van der Waals surface area contributed by atoms with Crippen LogP contribution in [0.4, 0.5) is 5.69 Å². The van der Waals surface area contributed by atoms with Crippen LogP contribution in [0.2, 0.25) is 0 Å². The molecule has 5 nitrogen and oxygen atoms in total. The van der Waals surface area contributed by atoms with E-state index in [2.05, 4.69) is 22.9 Å². The van der Waals surface area contributed by atoms with E-state index >= 15 is 0 Å². The number of aliphatic hydroxyl groups excluding tert-OH is 1. The van der Waals surface area contributed by atoms with Gasteiger partial charge in [-0.1, -0.05) is 26.2 Å². The number of nitrogens with two attached hydrogens (primary N) is 1. The van der Waals surface area contributed by atoms with Gasteiger partial charge in [0, 0.05) is 23.2 Å². The molecule has 120 valence electrons. The molecule has 0 amide bonds. The van der Waals surface area contributed by atoms with Crippen molar-refractivity contribution in [2.45, 2.75) is 37.5 Å². The topological polar surface area (TPSA) is 83.6 Å². The van der Waals surface area contributed by atoms with E-state index in [1.807, 2.05) is 0 Å². The average Bonchev–Trinajstić information content (AvgIpc) is 2.45. The number of sulfonamides is 1. The van der Waals surface area contributed by atoms with Gasteiger partial charge < -0.3 is 10.8 Å². The Bertz CT molecular complexity index is 549. The molecule has 21 heavy (non-hydrogen) atoms. The van der Waals surface area contributed by atoms with Gasteiger partial charge in [-0.3, -0.25) is 0 Å². The van der Waals surface area contributed by atoms with Crippen molar-refractivity contribution in [1.82, 2.24) is 4.31 Å². The van der Waals surface area contributed by atoms with Crippen molar-refractivity contribution in [2.24, 2.45) is 0 Å². The number of benzene rings is 1. The third-order valence-corrected chi connectivity index (χ3v) is 5.83. The van der Waals surface area contributed by atoms with E-state index in [0.717, 1.165) is 25.7 Å². The molecule has 0 saturated carbocycles. The normalized spacial score (nSPS) is 12.0. The molecule has 1 aromatic carbocycles. The highest BCUT2D eigenvalue weighted by Gasteiger charge is 2.24. The van der Waals surface area contributed by atoms with Gasteiger partial charge in [-0.05, 0) is 40.5 Å². The Balaban J connectivity index is 2.90. The molecule has 0 aliphatic rings. The van der Waals surface area contributed by atoms with Gasteiger partial charge in [0.15, 0.2) is 0 Å². The number of nitrogens with zero attached hydrogens (tertiary/aromatic N) is 1.